The lowest BCUT2D eigenvalue weighted by Gasteiger charge is -2.07. The highest BCUT2D eigenvalue weighted by atomic mass is 35.5. The van der Waals surface area contributed by atoms with E-state index in [1.54, 1.807) is 12.3 Å². The van der Waals surface area contributed by atoms with Gasteiger partial charge < -0.3 is 4.74 Å². The molecule has 0 atom stereocenters. The Kier molecular flexibility index (Phi) is 6.63. The second kappa shape index (κ2) is 9.94. The van der Waals surface area contributed by atoms with Gasteiger partial charge in [-0.2, -0.15) is 10.2 Å². The fourth-order valence-electron chi connectivity index (χ4n) is 2.93. The van der Waals surface area contributed by atoms with Gasteiger partial charge in [-0.05, 0) is 60.5 Å². The molecule has 0 saturated carbocycles. The van der Waals surface area contributed by atoms with Crippen LogP contribution in [-0.2, 0) is 6.61 Å². The first-order valence-corrected chi connectivity index (χ1v) is 10.4. The number of amides is 1. The molecule has 6 nitrogen and oxygen atoms in total. The molecular formula is C25H21ClN4O2. The van der Waals surface area contributed by atoms with Crippen LogP contribution in [0.3, 0.4) is 0 Å². The van der Waals surface area contributed by atoms with Crippen LogP contribution in [0.15, 0.2) is 84.0 Å². The zero-order valence-corrected chi connectivity index (χ0v) is 18.1. The van der Waals surface area contributed by atoms with Gasteiger partial charge >= 0.3 is 0 Å². The average Bonchev–Trinajstić information content (AvgIpc) is 3.31. The maximum Gasteiger partial charge on any atom is 0.289 e. The van der Waals surface area contributed by atoms with Crippen molar-refractivity contribution in [2.24, 2.45) is 5.10 Å². The summed E-state index contributed by atoms with van der Waals surface area (Å²) >= 11 is 5.90. The summed E-state index contributed by atoms with van der Waals surface area (Å²) in [6.07, 6.45) is 1.59. The third kappa shape index (κ3) is 5.62. The molecule has 4 rings (SSSR count). The zero-order valence-electron chi connectivity index (χ0n) is 17.4. The van der Waals surface area contributed by atoms with E-state index >= 15 is 0 Å². The number of carbonyl (C=O) groups is 1. The Bertz CT molecular complexity index is 1210. The van der Waals surface area contributed by atoms with Crippen molar-refractivity contribution in [1.82, 2.24) is 15.6 Å². The summed E-state index contributed by atoms with van der Waals surface area (Å²) in [5.41, 5.74) is 7.44. The topological polar surface area (TPSA) is 79.4 Å². The molecule has 1 aromatic heterocycles. The number of hydrogen-bond donors (Lipinski definition) is 2. The zero-order chi connectivity index (χ0) is 22.3. The predicted octanol–water partition coefficient (Wildman–Crippen LogP) is 5.38. The molecule has 4 aromatic rings. The molecule has 7 heteroatoms. The summed E-state index contributed by atoms with van der Waals surface area (Å²) in [6, 6.07) is 24.6. The SMILES string of the molecule is Cc1ccc(/C=N/NC(=O)c2cc(-c3ccc(OCc4ccc(Cl)cc4)cc3)n[nH]2)cc1. The third-order valence-corrected chi connectivity index (χ3v) is 5.00. The van der Waals surface area contributed by atoms with Crippen LogP contribution >= 0.6 is 11.6 Å². The van der Waals surface area contributed by atoms with Crippen LogP contribution in [0.1, 0.15) is 27.2 Å². The number of nitrogens with zero attached hydrogens (tertiary/aromatic N) is 2. The van der Waals surface area contributed by atoms with Gasteiger partial charge in [0, 0.05) is 10.6 Å². The minimum Gasteiger partial charge on any atom is -0.489 e. The minimum atomic E-state index is -0.366. The highest BCUT2D eigenvalue weighted by Crippen LogP contribution is 2.22. The fourth-order valence-corrected chi connectivity index (χ4v) is 3.06. The van der Waals surface area contributed by atoms with Gasteiger partial charge in [0.05, 0.1) is 11.9 Å². The first kappa shape index (κ1) is 21.3. The van der Waals surface area contributed by atoms with Crippen molar-refractivity contribution in [3.63, 3.8) is 0 Å². The largest absolute Gasteiger partial charge is 0.489 e. The monoisotopic (exact) mass is 444 g/mol. The maximum absolute atomic E-state index is 12.3. The number of carbonyl (C=O) groups excluding carboxylic acids is 1. The smallest absolute Gasteiger partial charge is 0.289 e. The summed E-state index contributed by atoms with van der Waals surface area (Å²) in [5, 5.41) is 11.7. The maximum atomic E-state index is 12.3. The molecular weight excluding hydrogens is 424 g/mol. The molecule has 0 radical (unpaired) electrons. The number of aromatic amines is 1. The van der Waals surface area contributed by atoms with E-state index in [0.29, 0.717) is 23.0 Å². The highest BCUT2D eigenvalue weighted by molar-refractivity contribution is 6.30. The van der Waals surface area contributed by atoms with Crippen LogP contribution in [0.5, 0.6) is 5.75 Å². The van der Waals surface area contributed by atoms with Crippen LogP contribution in [-0.4, -0.2) is 22.3 Å². The molecule has 0 aliphatic carbocycles. The van der Waals surface area contributed by atoms with Crippen molar-refractivity contribution < 1.29 is 9.53 Å². The number of hydrogen-bond acceptors (Lipinski definition) is 4. The molecule has 1 amide bonds. The van der Waals surface area contributed by atoms with Crippen LogP contribution in [0, 0.1) is 6.92 Å². The van der Waals surface area contributed by atoms with Gasteiger partial charge in [-0.1, -0.05) is 53.6 Å². The Morgan fingerprint density at radius 3 is 2.50 bits per heavy atom. The van der Waals surface area contributed by atoms with E-state index in [9.17, 15) is 4.79 Å². The molecule has 1 heterocycles. The second-order valence-corrected chi connectivity index (χ2v) is 7.65. The minimum absolute atomic E-state index is 0.323. The number of ether oxygens (including phenoxy) is 1. The number of H-pyrrole nitrogens is 1. The number of hydrazone groups is 1. The summed E-state index contributed by atoms with van der Waals surface area (Å²) in [5.74, 6) is 0.373. The third-order valence-electron chi connectivity index (χ3n) is 4.75. The van der Waals surface area contributed by atoms with Crippen LogP contribution < -0.4 is 10.2 Å². The quantitative estimate of drug-likeness (QED) is 0.296. The van der Waals surface area contributed by atoms with Crippen molar-refractivity contribution in [1.29, 1.82) is 0 Å². The molecule has 0 aliphatic rings. The van der Waals surface area contributed by atoms with E-state index in [-0.39, 0.29) is 5.91 Å². The van der Waals surface area contributed by atoms with Gasteiger partial charge in [0.1, 0.15) is 18.1 Å². The molecule has 3 aromatic carbocycles. The van der Waals surface area contributed by atoms with E-state index in [4.69, 9.17) is 16.3 Å². The van der Waals surface area contributed by atoms with E-state index in [2.05, 4.69) is 20.7 Å². The highest BCUT2D eigenvalue weighted by Gasteiger charge is 2.10. The van der Waals surface area contributed by atoms with Crippen LogP contribution in [0.2, 0.25) is 5.02 Å². The fraction of sp³-hybridized carbons (Fsp3) is 0.0800. The van der Waals surface area contributed by atoms with Crippen molar-refractivity contribution in [3.05, 3.63) is 106 Å². The molecule has 160 valence electrons. The Labute approximate surface area is 190 Å². The van der Waals surface area contributed by atoms with Crippen molar-refractivity contribution in [2.75, 3.05) is 0 Å². The van der Waals surface area contributed by atoms with Gasteiger partial charge in [0.15, 0.2) is 0 Å². The summed E-state index contributed by atoms with van der Waals surface area (Å²) in [7, 11) is 0. The van der Waals surface area contributed by atoms with Gasteiger partial charge in [-0.3, -0.25) is 9.89 Å². The lowest BCUT2D eigenvalue weighted by molar-refractivity contribution is 0.0950. The number of nitrogens with one attached hydrogen (secondary N) is 2. The molecule has 0 unspecified atom stereocenters. The Morgan fingerprint density at radius 1 is 1.06 bits per heavy atom. The molecule has 0 saturated heterocycles. The number of benzene rings is 3. The molecule has 0 aliphatic heterocycles. The Balaban J connectivity index is 1.33. The Hall–Kier alpha value is -3.90. The number of rotatable bonds is 7. The molecule has 0 fully saturated rings. The molecule has 0 spiro atoms. The first-order chi connectivity index (χ1) is 15.6. The van der Waals surface area contributed by atoms with E-state index in [1.807, 2.05) is 79.7 Å². The van der Waals surface area contributed by atoms with E-state index in [0.717, 1.165) is 28.0 Å². The number of aryl methyl sites for hydroxylation is 1. The molecule has 32 heavy (non-hydrogen) atoms. The normalized spacial score (nSPS) is 10.9. The van der Waals surface area contributed by atoms with Gasteiger partial charge in [0.2, 0.25) is 0 Å². The van der Waals surface area contributed by atoms with Crippen molar-refractivity contribution >= 4 is 23.7 Å². The lowest BCUT2D eigenvalue weighted by atomic mass is 10.1. The average molecular weight is 445 g/mol. The standard InChI is InChI=1S/C25H21ClN4O2/c1-17-2-4-18(5-3-17)15-27-30-25(31)24-14-23(28-29-24)20-8-12-22(13-9-20)32-16-19-6-10-21(26)11-7-19/h2-15H,16H2,1H3,(H,28,29)(H,30,31)/b27-15+. The molecule has 2 N–H and O–H groups in total. The number of aromatic nitrogens is 2. The summed E-state index contributed by atoms with van der Waals surface area (Å²) in [4.78, 5) is 12.3. The molecule has 0 bridgehead atoms. The first-order valence-electron chi connectivity index (χ1n) is 10.00. The van der Waals surface area contributed by atoms with Crippen LogP contribution in [0.4, 0.5) is 0 Å². The van der Waals surface area contributed by atoms with Gasteiger partial charge in [-0.15, -0.1) is 0 Å². The van der Waals surface area contributed by atoms with Gasteiger partial charge in [0.25, 0.3) is 5.91 Å². The number of halogens is 1. The second-order valence-electron chi connectivity index (χ2n) is 7.22. The van der Waals surface area contributed by atoms with E-state index in [1.165, 1.54) is 0 Å². The Morgan fingerprint density at radius 2 is 1.78 bits per heavy atom. The summed E-state index contributed by atoms with van der Waals surface area (Å²) in [6.45, 7) is 2.47. The predicted molar refractivity (Wildman–Crippen MR) is 126 cm³/mol. The van der Waals surface area contributed by atoms with Crippen molar-refractivity contribution in [2.45, 2.75) is 13.5 Å². The van der Waals surface area contributed by atoms with Crippen molar-refractivity contribution in [3.8, 4) is 17.0 Å². The van der Waals surface area contributed by atoms with E-state index < -0.39 is 0 Å². The van der Waals surface area contributed by atoms with Crippen LogP contribution in [0.25, 0.3) is 11.3 Å². The van der Waals surface area contributed by atoms with Gasteiger partial charge in [-0.25, -0.2) is 5.43 Å². The lowest BCUT2D eigenvalue weighted by Crippen LogP contribution is -2.17. The summed E-state index contributed by atoms with van der Waals surface area (Å²) < 4.78 is 5.80.